The molecule has 2 atom stereocenters. The molecule has 1 heterocycles. The van der Waals surface area contributed by atoms with Crippen LogP contribution < -0.4 is 5.73 Å². The molecule has 2 unspecified atom stereocenters. The highest BCUT2D eigenvalue weighted by atomic mass is 16.2. The molecule has 1 aliphatic heterocycles. The van der Waals surface area contributed by atoms with E-state index in [1.807, 2.05) is 17.1 Å². The van der Waals surface area contributed by atoms with Gasteiger partial charge in [0.1, 0.15) is 0 Å². The molecule has 0 saturated carbocycles. The molecule has 1 saturated heterocycles. The lowest BCUT2D eigenvalue weighted by Crippen LogP contribution is -2.46. The van der Waals surface area contributed by atoms with E-state index >= 15 is 0 Å². The summed E-state index contributed by atoms with van der Waals surface area (Å²) in [7, 11) is 4.22. The van der Waals surface area contributed by atoms with Gasteiger partial charge in [0.25, 0.3) is 0 Å². The molecule has 2 aliphatic rings. The maximum Gasteiger partial charge on any atom is 0.229 e. The van der Waals surface area contributed by atoms with Crippen molar-refractivity contribution < 1.29 is 4.79 Å². The van der Waals surface area contributed by atoms with Crippen molar-refractivity contribution in [1.29, 1.82) is 0 Å². The van der Waals surface area contributed by atoms with Gasteiger partial charge in [0.15, 0.2) is 0 Å². The Bertz CT molecular complexity index is 306. The van der Waals surface area contributed by atoms with Gasteiger partial charge < -0.3 is 15.5 Å². The van der Waals surface area contributed by atoms with Crippen molar-refractivity contribution in [2.45, 2.75) is 31.3 Å². The number of likely N-dealkylation sites (tertiary alicyclic amines) is 1. The lowest BCUT2D eigenvalue weighted by molar-refractivity contribution is -0.135. The van der Waals surface area contributed by atoms with Crippen molar-refractivity contribution in [3.63, 3.8) is 0 Å². The summed E-state index contributed by atoms with van der Waals surface area (Å²) >= 11 is 0. The van der Waals surface area contributed by atoms with Gasteiger partial charge >= 0.3 is 0 Å². The van der Waals surface area contributed by atoms with Crippen LogP contribution in [0.4, 0.5) is 0 Å². The molecule has 17 heavy (non-hydrogen) atoms. The minimum atomic E-state index is 0.0286. The highest BCUT2D eigenvalue weighted by Crippen LogP contribution is 2.22. The van der Waals surface area contributed by atoms with Gasteiger partial charge in [-0.25, -0.2) is 0 Å². The normalized spacial score (nSPS) is 30.2. The van der Waals surface area contributed by atoms with Crippen molar-refractivity contribution in [1.82, 2.24) is 9.80 Å². The zero-order valence-electron chi connectivity index (χ0n) is 10.8. The molecule has 0 bridgehead atoms. The van der Waals surface area contributed by atoms with Gasteiger partial charge in [0, 0.05) is 25.2 Å². The zero-order valence-corrected chi connectivity index (χ0v) is 10.8. The Morgan fingerprint density at radius 3 is 2.41 bits per heavy atom. The lowest BCUT2D eigenvalue weighted by Gasteiger charge is -2.36. The molecule has 0 aromatic heterocycles. The number of amides is 1. The van der Waals surface area contributed by atoms with Gasteiger partial charge in [-0.15, -0.1) is 0 Å². The van der Waals surface area contributed by atoms with Crippen LogP contribution in [0, 0.1) is 5.92 Å². The molecule has 4 nitrogen and oxygen atoms in total. The van der Waals surface area contributed by atoms with Gasteiger partial charge in [0.05, 0.1) is 5.92 Å². The van der Waals surface area contributed by atoms with Gasteiger partial charge in [-0.05, 0) is 33.4 Å². The fraction of sp³-hybridized carbons (Fsp3) is 0.769. The van der Waals surface area contributed by atoms with Crippen LogP contribution in [0.1, 0.15) is 19.3 Å². The van der Waals surface area contributed by atoms with Gasteiger partial charge in [-0.2, -0.15) is 0 Å². The SMILES string of the molecule is CN(C)C1CCN(C(=O)C2C=CC(N)C2)CC1. The third-order valence-corrected chi connectivity index (χ3v) is 3.94. The summed E-state index contributed by atoms with van der Waals surface area (Å²) in [4.78, 5) is 16.5. The van der Waals surface area contributed by atoms with Crippen LogP contribution in [0.3, 0.4) is 0 Å². The van der Waals surface area contributed by atoms with Crippen molar-refractivity contribution in [3.8, 4) is 0 Å². The molecule has 0 aromatic carbocycles. The zero-order chi connectivity index (χ0) is 12.4. The van der Waals surface area contributed by atoms with Gasteiger partial charge in [0.2, 0.25) is 5.91 Å². The number of nitrogens with zero attached hydrogens (tertiary/aromatic N) is 2. The maximum absolute atomic E-state index is 12.2. The second kappa shape index (κ2) is 5.19. The number of carbonyl (C=O) groups excluding carboxylic acids is 1. The Morgan fingerprint density at radius 2 is 1.94 bits per heavy atom. The van der Waals surface area contributed by atoms with Crippen molar-refractivity contribution >= 4 is 5.91 Å². The summed E-state index contributed by atoms with van der Waals surface area (Å²) in [6.45, 7) is 1.78. The average molecular weight is 237 g/mol. The first-order valence-corrected chi connectivity index (χ1v) is 6.47. The van der Waals surface area contributed by atoms with Crippen molar-refractivity contribution in [2.24, 2.45) is 11.7 Å². The van der Waals surface area contributed by atoms with E-state index in [1.165, 1.54) is 0 Å². The first-order chi connectivity index (χ1) is 8.08. The Labute approximate surface area is 103 Å². The number of carbonyl (C=O) groups is 1. The Morgan fingerprint density at radius 1 is 1.29 bits per heavy atom. The Hall–Kier alpha value is -0.870. The van der Waals surface area contributed by atoms with E-state index in [4.69, 9.17) is 5.73 Å². The minimum absolute atomic E-state index is 0.0286. The molecule has 0 radical (unpaired) electrons. The summed E-state index contributed by atoms with van der Waals surface area (Å²) in [6.07, 6.45) is 6.88. The monoisotopic (exact) mass is 237 g/mol. The first-order valence-electron chi connectivity index (χ1n) is 6.47. The van der Waals surface area contributed by atoms with Crippen LogP contribution in [0.25, 0.3) is 0 Å². The van der Waals surface area contributed by atoms with Crippen molar-refractivity contribution in [3.05, 3.63) is 12.2 Å². The third-order valence-electron chi connectivity index (χ3n) is 3.94. The largest absolute Gasteiger partial charge is 0.342 e. The predicted molar refractivity (Wildman–Crippen MR) is 68.5 cm³/mol. The average Bonchev–Trinajstić information content (AvgIpc) is 2.75. The quantitative estimate of drug-likeness (QED) is 0.709. The van der Waals surface area contributed by atoms with E-state index in [2.05, 4.69) is 19.0 Å². The van der Waals surface area contributed by atoms with E-state index in [-0.39, 0.29) is 17.9 Å². The van der Waals surface area contributed by atoms with Crippen LogP contribution in [0.2, 0.25) is 0 Å². The molecule has 1 aliphatic carbocycles. The van der Waals surface area contributed by atoms with E-state index in [1.54, 1.807) is 0 Å². The lowest BCUT2D eigenvalue weighted by atomic mass is 10.0. The highest BCUT2D eigenvalue weighted by molar-refractivity contribution is 5.81. The minimum Gasteiger partial charge on any atom is -0.342 e. The fourth-order valence-corrected chi connectivity index (χ4v) is 2.75. The molecule has 1 amide bonds. The smallest absolute Gasteiger partial charge is 0.229 e. The van der Waals surface area contributed by atoms with E-state index in [0.717, 1.165) is 32.4 Å². The van der Waals surface area contributed by atoms with E-state index in [0.29, 0.717) is 6.04 Å². The van der Waals surface area contributed by atoms with Gasteiger partial charge in [-0.3, -0.25) is 4.79 Å². The number of rotatable bonds is 2. The molecular weight excluding hydrogens is 214 g/mol. The predicted octanol–water partition coefficient (Wildman–Crippen LogP) is 0.442. The second-order valence-electron chi connectivity index (χ2n) is 5.41. The first kappa shape index (κ1) is 12.6. The van der Waals surface area contributed by atoms with Gasteiger partial charge in [-0.1, -0.05) is 12.2 Å². The van der Waals surface area contributed by atoms with Crippen LogP contribution in [0.15, 0.2) is 12.2 Å². The van der Waals surface area contributed by atoms with E-state index in [9.17, 15) is 4.79 Å². The molecule has 96 valence electrons. The van der Waals surface area contributed by atoms with Crippen LogP contribution in [-0.2, 0) is 4.79 Å². The van der Waals surface area contributed by atoms with E-state index < -0.39 is 0 Å². The number of piperidine rings is 1. The highest BCUT2D eigenvalue weighted by Gasteiger charge is 2.30. The third kappa shape index (κ3) is 2.87. The fourth-order valence-electron chi connectivity index (χ4n) is 2.75. The molecule has 4 heteroatoms. The number of hydrogen-bond donors (Lipinski definition) is 1. The molecule has 2 N–H and O–H groups in total. The molecule has 2 rings (SSSR count). The summed E-state index contributed by atoms with van der Waals surface area (Å²) in [5, 5.41) is 0. The number of hydrogen-bond acceptors (Lipinski definition) is 3. The van der Waals surface area contributed by atoms with Crippen LogP contribution in [-0.4, -0.2) is 55.0 Å². The van der Waals surface area contributed by atoms with Crippen molar-refractivity contribution in [2.75, 3.05) is 27.2 Å². The molecule has 0 spiro atoms. The standard InChI is InChI=1S/C13H23N3O/c1-15(2)12-5-7-16(8-6-12)13(17)10-3-4-11(14)9-10/h3-4,10-12H,5-9,14H2,1-2H3. The summed E-state index contributed by atoms with van der Waals surface area (Å²) in [5.74, 6) is 0.298. The Kier molecular flexibility index (Phi) is 3.84. The summed E-state index contributed by atoms with van der Waals surface area (Å²) < 4.78 is 0. The Balaban J connectivity index is 1.84. The maximum atomic E-state index is 12.2. The second-order valence-corrected chi connectivity index (χ2v) is 5.41. The molecule has 1 fully saturated rings. The molecular formula is C13H23N3O. The summed E-state index contributed by atoms with van der Waals surface area (Å²) in [6, 6.07) is 0.698. The topological polar surface area (TPSA) is 49.6 Å². The van der Waals surface area contributed by atoms with Crippen LogP contribution >= 0.6 is 0 Å². The molecule has 0 aromatic rings. The van der Waals surface area contributed by atoms with Crippen LogP contribution in [0.5, 0.6) is 0 Å². The number of nitrogens with two attached hydrogens (primary N) is 1. The summed E-state index contributed by atoms with van der Waals surface area (Å²) in [5.41, 5.74) is 5.79.